The molecule has 0 aliphatic heterocycles. The molecule has 1 aromatic heterocycles. The van der Waals surface area contributed by atoms with Crippen molar-refractivity contribution in [2.75, 3.05) is 26.5 Å². The molecule has 1 fully saturated rings. The molecule has 0 radical (unpaired) electrons. The molecule has 4 heteroatoms. The van der Waals surface area contributed by atoms with Gasteiger partial charge in [-0.1, -0.05) is 43.9 Å². The monoisotopic (exact) mass is 414 g/mol. The van der Waals surface area contributed by atoms with E-state index in [0.29, 0.717) is 6.04 Å². The normalized spacial score (nSPS) is 19.3. The Labute approximate surface area is 187 Å². The van der Waals surface area contributed by atoms with Gasteiger partial charge in [0.1, 0.15) is 5.82 Å². The highest BCUT2D eigenvalue weighted by atomic mass is 15.0. The lowest BCUT2D eigenvalue weighted by Crippen LogP contribution is -2.34. The fraction of sp³-hybridized carbons (Fsp3) is 0.333. The van der Waals surface area contributed by atoms with Gasteiger partial charge in [-0.05, 0) is 60.6 Å². The van der Waals surface area contributed by atoms with Crippen LogP contribution in [0.25, 0.3) is 22.4 Å². The second-order valence-corrected chi connectivity index (χ2v) is 8.47. The summed E-state index contributed by atoms with van der Waals surface area (Å²) in [5, 5.41) is 3.69. The van der Waals surface area contributed by atoms with Crippen molar-refractivity contribution in [2.45, 2.75) is 32.7 Å². The van der Waals surface area contributed by atoms with Crippen molar-refractivity contribution >= 4 is 23.2 Å². The van der Waals surface area contributed by atoms with E-state index < -0.39 is 0 Å². The van der Waals surface area contributed by atoms with Gasteiger partial charge in [0.15, 0.2) is 0 Å². The molecule has 1 aromatic carbocycles. The van der Waals surface area contributed by atoms with Gasteiger partial charge in [0.2, 0.25) is 0 Å². The molecule has 0 atom stereocenters. The minimum atomic E-state index is 0.481. The van der Waals surface area contributed by atoms with Gasteiger partial charge in [0.05, 0.1) is 5.69 Å². The number of aliphatic imine (C=N–C) groups is 1. The van der Waals surface area contributed by atoms with Crippen molar-refractivity contribution in [2.24, 2.45) is 10.9 Å². The van der Waals surface area contributed by atoms with Crippen LogP contribution in [-0.4, -0.2) is 43.3 Å². The minimum absolute atomic E-state index is 0.481. The number of hydrogen-bond acceptors (Lipinski definition) is 4. The van der Waals surface area contributed by atoms with Crippen molar-refractivity contribution in [3.05, 3.63) is 72.5 Å². The van der Waals surface area contributed by atoms with Gasteiger partial charge < -0.3 is 10.2 Å². The second-order valence-electron chi connectivity index (χ2n) is 8.47. The van der Waals surface area contributed by atoms with Gasteiger partial charge in [0.25, 0.3) is 0 Å². The van der Waals surface area contributed by atoms with E-state index in [2.05, 4.69) is 72.5 Å². The average Bonchev–Trinajstić information content (AvgIpc) is 2.75. The van der Waals surface area contributed by atoms with Gasteiger partial charge in [-0.25, -0.2) is 4.98 Å². The first kappa shape index (κ1) is 22.5. The van der Waals surface area contributed by atoms with Crippen LogP contribution < -0.4 is 5.32 Å². The maximum Gasteiger partial charge on any atom is 0.134 e. The third-order valence-electron chi connectivity index (χ3n) is 5.61. The van der Waals surface area contributed by atoms with Crippen molar-refractivity contribution in [1.29, 1.82) is 0 Å². The maximum absolute atomic E-state index is 5.06. The van der Waals surface area contributed by atoms with E-state index >= 15 is 0 Å². The smallest absolute Gasteiger partial charge is 0.134 e. The summed E-state index contributed by atoms with van der Waals surface area (Å²) in [4.78, 5) is 11.3. The molecule has 31 heavy (non-hydrogen) atoms. The molecule has 0 bridgehead atoms. The number of aromatic nitrogens is 1. The molecule has 0 saturated heterocycles. The van der Waals surface area contributed by atoms with Gasteiger partial charge in [-0.3, -0.25) is 4.99 Å². The Kier molecular flexibility index (Phi) is 7.45. The van der Waals surface area contributed by atoms with Crippen LogP contribution in [0.2, 0.25) is 0 Å². The Hall–Kier alpha value is -3.14. The number of anilines is 1. The topological polar surface area (TPSA) is 40.5 Å². The molecule has 162 valence electrons. The zero-order valence-electron chi connectivity index (χ0n) is 19.4. The van der Waals surface area contributed by atoms with Crippen LogP contribution >= 0.6 is 0 Å². The number of rotatable bonds is 8. The SMILES string of the molecule is C=C/C(=C\N(C)C)c1cccc(-c2ccc(C(/C=N\C)=C/C)c(NC3CC(C)C3)n2)c1. The van der Waals surface area contributed by atoms with Gasteiger partial charge in [0, 0.05) is 50.7 Å². The third-order valence-corrected chi connectivity index (χ3v) is 5.61. The van der Waals surface area contributed by atoms with E-state index in [0.717, 1.165) is 45.3 Å². The zero-order valence-corrected chi connectivity index (χ0v) is 19.4. The van der Waals surface area contributed by atoms with E-state index in [-0.39, 0.29) is 0 Å². The first-order valence-electron chi connectivity index (χ1n) is 10.9. The molecular formula is C27H34N4. The van der Waals surface area contributed by atoms with Crippen LogP contribution in [0.5, 0.6) is 0 Å². The van der Waals surface area contributed by atoms with Crippen LogP contribution in [-0.2, 0) is 0 Å². The highest BCUT2D eigenvalue weighted by Gasteiger charge is 2.26. The van der Waals surface area contributed by atoms with Crippen molar-refractivity contribution in [3.8, 4) is 11.3 Å². The summed E-state index contributed by atoms with van der Waals surface area (Å²) < 4.78 is 0. The molecule has 0 spiro atoms. The third kappa shape index (κ3) is 5.52. The average molecular weight is 415 g/mol. The molecular weight excluding hydrogens is 380 g/mol. The van der Waals surface area contributed by atoms with Crippen LogP contribution in [0.1, 0.15) is 37.8 Å². The van der Waals surface area contributed by atoms with Crippen LogP contribution in [0.3, 0.4) is 0 Å². The highest BCUT2D eigenvalue weighted by molar-refractivity contribution is 6.11. The number of allylic oxidation sites excluding steroid dienone is 4. The summed E-state index contributed by atoms with van der Waals surface area (Å²) in [6, 6.07) is 13.2. The van der Waals surface area contributed by atoms with Crippen molar-refractivity contribution < 1.29 is 0 Å². The predicted molar refractivity (Wildman–Crippen MR) is 135 cm³/mol. The minimum Gasteiger partial charge on any atom is -0.383 e. The summed E-state index contributed by atoms with van der Waals surface area (Å²) in [6.45, 7) is 8.32. The largest absolute Gasteiger partial charge is 0.383 e. The summed E-state index contributed by atoms with van der Waals surface area (Å²) in [5.41, 5.74) is 6.42. The molecule has 4 nitrogen and oxygen atoms in total. The van der Waals surface area contributed by atoms with E-state index in [4.69, 9.17) is 4.98 Å². The van der Waals surface area contributed by atoms with E-state index in [1.165, 1.54) is 12.8 Å². The molecule has 1 aliphatic carbocycles. The number of benzene rings is 1. The standard InChI is InChI=1S/C27H34N4/c1-7-20(17-28-4)25-12-13-26(30-27(25)29-24-14-19(3)15-24)23-11-9-10-22(16-23)21(8-2)18-31(5)6/h7-13,16-19,24H,2,14-15H2,1,3-6H3,(H,29,30)/b20-7+,21-18+,28-17-. The number of pyridine rings is 1. The molecule has 1 N–H and O–H groups in total. The fourth-order valence-electron chi connectivity index (χ4n) is 4.00. The van der Waals surface area contributed by atoms with Gasteiger partial charge >= 0.3 is 0 Å². The van der Waals surface area contributed by atoms with E-state index in [9.17, 15) is 0 Å². The summed E-state index contributed by atoms with van der Waals surface area (Å²) >= 11 is 0. The van der Waals surface area contributed by atoms with E-state index in [1.807, 2.05) is 38.2 Å². The second kappa shape index (κ2) is 10.3. The lowest BCUT2D eigenvalue weighted by molar-refractivity contribution is 0.308. The number of nitrogens with zero attached hydrogens (tertiary/aromatic N) is 3. The first-order valence-corrected chi connectivity index (χ1v) is 10.9. The predicted octanol–water partition coefficient (Wildman–Crippen LogP) is 6.15. The molecule has 0 amide bonds. The van der Waals surface area contributed by atoms with Crippen LogP contribution in [0.4, 0.5) is 5.82 Å². The first-order chi connectivity index (χ1) is 14.9. The van der Waals surface area contributed by atoms with Gasteiger partial charge in [-0.2, -0.15) is 0 Å². The number of hydrogen-bond donors (Lipinski definition) is 1. The lowest BCUT2D eigenvalue weighted by atomic mass is 9.82. The number of nitrogens with one attached hydrogen (secondary N) is 1. The molecule has 2 aromatic rings. The fourth-order valence-corrected chi connectivity index (χ4v) is 4.00. The Balaban J connectivity index is 2.02. The molecule has 0 unspecified atom stereocenters. The zero-order chi connectivity index (χ0) is 22.4. The molecule has 1 aliphatic rings. The summed E-state index contributed by atoms with van der Waals surface area (Å²) in [7, 11) is 5.84. The van der Waals surface area contributed by atoms with Gasteiger partial charge in [-0.15, -0.1) is 0 Å². The Morgan fingerprint density at radius 3 is 2.58 bits per heavy atom. The molecule has 3 rings (SSSR count). The van der Waals surface area contributed by atoms with E-state index in [1.54, 1.807) is 7.05 Å². The summed E-state index contributed by atoms with van der Waals surface area (Å²) in [6.07, 6.45) is 10.3. The van der Waals surface area contributed by atoms with Crippen molar-refractivity contribution in [3.63, 3.8) is 0 Å². The highest BCUT2D eigenvalue weighted by Crippen LogP contribution is 2.33. The Morgan fingerprint density at radius 1 is 1.19 bits per heavy atom. The Morgan fingerprint density at radius 2 is 1.97 bits per heavy atom. The quantitative estimate of drug-likeness (QED) is 0.416. The van der Waals surface area contributed by atoms with Crippen LogP contribution in [0, 0.1) is 5.92 Å². The maximum atomic E-state index is 5.06. The van der Waals surface area contributed by atoms with Crippen molar-refractivity contribution in [1.82, 2.24) is 9.88 Å². The van der Waals surface area contributed by atoms with Crippen LogP contribution in [0.15, 0.2) is 66.3 Å². The molecule has 1 saturated carbocycles. The molecule has 1 heterocycles. The Bertz CT molecular complexity index is 1010. The lowest BCUT2D eigenvalue weighted by Gasteiger charge is -2.34. The summed E-state index contributed by atoms with van der Waals surface area (Å²) in [5.74, 6) is 1.71.